The van der Waals surface area contributed by atoms with Gasteiger partial charge in [0.25, 0.3) is 5.91 Å². The number of methoxy groups -OCH3 is 1. The van der Waals surface area contributed by atoms with Gasteiger partial charge in [0, 0.05) is 38.3 Å². The monoisotopic (exact) mass is 465 g/mol. The van der Waals surface area contributed by atoms with Crippen molar-refractivity contribution in [3.8, 4) is 17.2 Å². The van der Waals surface area contributed by atoms with Gasteiger partial charge in [0.15, 0.2) is 0 Å². The molecule has 2 aromatic carbocycles. The third-order valence-electron chi connectivity index (χ3n) is 6.04. The van der Waals surface area contributed by atoms with Crippen LogP contribution in [0.2, 0.25) is 0 Å². The molecular weight excluding hydrogens is 434 g/mol. The molecule has 0 atom stereocenters. The second-order valence-electron chi connectivity index (χ2n) is 8.28. The topological polar surface area (TPSA) is 77.3 Å². The quantitative estimate of drug-likeness (QED) is 0.477. The maximum Gasteiger partial charge on any atom is 0.254 e. The fourth-order valence-corrected chi connectivity index (χ4v) is 3.90. The van der Waals surface area contributed by atoms with E-state index >= 15 is 0 Å². The number of benzene rings is 2. The van der Waals surface area contributed by atoms with Crippen LogP contribution in [0.3, 0.4) is 0 Å². The normalized spacial score (nSPS) is 14.1. The molecule has 1 fully saturated rings. The molecule has 8 heteroatoms. The van der Waals surface area contributed by atoms with E-state index in [1.54, 1.807) is 13.2 Å². The summed E-state index contributed by atoms with van der Waals surface area (Å²) < 4.78 is 22.1. The molecule has 0 radical (unpaired) electrons. The zero-order valence-corrected chi connectivity index (χ0v) is 20.0. The van der Waals surface area contributed by atoms with E-state index in [9.17, 15) is 4.79 Å². The van der Waals surface area contributed by atoms with Crippen molar-refractivity contribution < 1.29 is 23.5 Å². The number of amides is 1. The summed E-state index contributed by atoms with van der Waals surface area (Å²) in [7, 11) is 1.65. The molecule has 1 amide bonds. The van der Waals surface area contributed by atoms with E-state index in [0.29, 0.717) is 37.6 Å². The molecule has 8 nitrogen and oxygen atoms in total. The average molecular weight is 466 g/mol. The van der Waals surface area contributed by atoms with Crippen LogP contribution >= 0.6 is 0 Å². The summed E-state index contributed by atoms with van der Waals surface area (Å²) >= 11 is 0. The van der Waals surface area contributed by atoms with E-state index in [1.165, 1.54) is 0 Å². The molecule has 2 heterocycles. The number of rotatable bonds is 9. The molecule has 180 valence electrons. The molecule has 1 aliphatic rings. The van der Waals surface area contributed by atoms with Crippen molar-refractivity contribution in [3.63, 3.8) is 0 Å². The lowest BCUT2D eigenvalue weighted by Gasteiger charge is -2.34. The SMILES string of the molecule is COc1ccc(OCCN2CCN(C(=O)c3cccc(OCc4c(C)noc4C)c3)CC2)cc1. The van der Waals surface area contributed by atoms with Gasteiger partial charge in [0.05, 0.1) is 18.4 Å². The molecule has 1 saturated heterocycles. The molecule has 0 spiro atoms. The van der Waals surface area contributed by atoms with E-state index in [0.717, 1.165) is 48.2 Å². The maximum absolute atomic E-state index is 13.0. The van der Waals surface area contributed by atoms with Crippen molar-refractivity contribution in [3.05, 3.63) is 71.1 Å². The van der Waals surface area contributed by atoms with E-state index in [2.05, 4.69) is 10.1 Å². The lowest BCUT2D eigenvalue weighted by Crippen LogP contribution is -2.49. The predicted octanol–water partition coefficient (Wildman–Crippen LogP) is 3.72. The third-order valence-corrected chi connectivity index (χ3v) is 6.04. The van der Waals surface area contributed by atoms with Crippen molar-refractivity contribution in [1.29, 1.82) is 0 Å². The van der Waals surface area contributed by atoms with Gasteiger partial charge in [-0.3, -0.25) is 9.69 Å². The van der Waals surface area contributed by atoms with Crippen LogP contribution < -0.4 is 14.2 Å². The number of piperazine rings is 1. The standard InChI is InChI=1S/C26H31N3O5/c1-19-25(20(2)34-27-19)18-33-24-6-4-5-21(17-24)26(30)29-13-11-28(12-14-29)15-16-32-23-9-7-22(31-3)8-10-23/h4-10,17H,11-16,18H2,1-3H3. The summed E-state index contributed by atoms with van der Waals surface area (Å²) in [6, 6.07) is 14.9. The lowest BCUT2D eigenvalue weighted by atomic mass is 10.1. The lowest BCUT2D eigenvalue weighted by molar-refractivity contribution is 0.0620. The Morgan fingerprint density at radius 2 is 1.71 bits per heavy atom. The van der Waals surface area contributed by atoms with Gasteiger partial charge < -0.3 is 23.6 Å². The fourth-order valence-electron chi connectivity index (χ4n) is 3.90. The molecule has 0 aliphatic carbocycles. The van der Waals surface area contributed by atoms with Crippen LogP contribution in [0.25, 0.3) is 0 Å². The first kappa shape index (κ1) is 23.6. The molecule has 1 aliphatic heterocycles. The Bertz CT molecular complexity index is 1070. The Kier molecular flexibility index (Phi) is 7.69. The first-order valence-corrected chi connectivity index (χ1v) is 11.5. The van der Waals surface area contributed by atoms with Crippen LogP contribution in [0.1, 0.15) is 27.4 Å². The number of carbonyl (C=O) groups is 1. The summed E-state index contributed by atoms with van der Waals surface area (Å²) in [6.45, 7) is 8.54. The first-order valence-electron chi connectivity index (χ1n) is 11.5. The van der Waals surface area contributed by atoms with Gasteiger partial charge in [-0.1, -0.05) is 11.2 Å². The van der Waals surface area contributed by atoms with Crippen molar-refractivity contribution in [2.45, 2.75) is 20.5 Å². The number of nitrogens with zero attached hydrogens (tertiary/aromatic N) is 3. The van der Waals surface area contributed by atoms with Crippen LogP contribution in [0, 0.1) is 13.8 Å². The number of ether oxygens (including phenoxy) is 3. The zero-order chi connectivity index (χ0) is 23.9. The van der Waals surface area contributed by atoms with Crippen molar-refractivity contribution >= 4 is 5.91 Å². The van der Waals surface area contributed by atoms with E-state index in [4.69, 9.17) is 18.7 Å². The van der Waals surface area contributed by atoms with E-state index in [1.807, 2.05) is 61.2 Å². The van der Waals surface area contributed by atoms with Crippen molar-refractivity contribution in [2.24, 2.45) is 0 Å². The summed E-state index contributed by atoms with van der Waals surface area (Å²) in [5.41, 5.74) is 2.38. The maximum atomic E-state index is 13.0. The molecule has 4 rings (SSSR count). The van der Waals surface area contributed by atoms with Gasteiger partial charge in [-0.2, -0.15) is 0 Å². The summed E-state index contributed by atoms with van der Waals surface area (Å²) in [4.78, 5) is 17.3. The molecule has 3 aromatic rings. The molecule has 0 unspecified atom stereocenters. The molecule has 0 N–H and O–H groups in total. The second-order valence-corrected chi connectivity index (χ2v) is 8.28. The van der Waals surface area contributed by atoms with E-state index < -0.39 is 0 Å². The predicted molar refractivity (Wildman–Crippen MR) is 128 cm³/mol. The molecule has 34 heavy (non-hydrogen) atoms. The number of hydrogen-bond acceptors (Lipinski definition) is 7. The minimum absolute atomic E-state index is 0.0249. The number of aryl methyl sites for hydroxylation is 2. The van der Waals surface area contributed by atoms with Gasteiger partial charge in [-0.15, -0.1) is 0 Å². The fraction of sp³-hybridized carbons (Fsp3) is 0.385. The summed E-state index contributed by atoms with van der Waals surface area (Å²) in [6.07, 6.45) is 0. The Morgan fingerprint density at radius 3 is 2.38 bits per heavy atom. The van der Waals surface area contributed by atoms with Gasteiger partial charge in [0.2, 0.25) is 0 Å². The van der Waals surface area contributed by atoms with Gasteiger partial charge in [-0.25, -0.2) is 0 Å². The average Bonchev–Trinajstić information content (AvgIpc) is 3.20. The van der Waals surface area contributed by atoms with E-state index in [-0.39, 0.29) is 5.91 Å². The number of hydrogen-bond donors (Lipinski definition) is 0. The minimum atomic E-state index is 0.0249. The Hall–Kier alpha value is -3.52. The van der Waals surface area contributed by atoms with Gasteiger partial charge in [0.1, 0.15) is 36.2 Å². The minimum Gasteiger partial charge on any atom is -0.497 e. The van der Waals surface area contributed by atoms with Gasteiger partial charge >= 0.3 is 0 Å². The molecular formula is C26H31N3O5. The summed E-state index contributed by atoms with van der Waals surface area (Å²) in [5.74, 6) is 3.06. The zero-order valence-electron chi connectivity index (χ0n) is 20.0. The smallest absolute Gasteiger partial charge is 0.254 e. The number of aromatic nitrogens is 1. The highest BCUT2D eigenvalue weighted by Gasteiger charge is 2.22. The Morgan fingerprint density at radius 1 is 0.971 bits per heavy atom. The van der Waals surface area contributed by atoms with Crippen LogP contribution in [0.15, 0.2) is 53.1 Å². The van der Waals surface area contributed by atoms with Crippen LogP contribution in [-0.4, -0.2) is 67.3 Å². The van der Waals surface area contributed by atoms with Crippen molar-refractivity contribution in [1.82, 2.24) is 15.0 Å². The van der Waals surface area contributed by atoms with Crippen LogP contribution in [-0.2, 0) is 6.61 Å². The molecule has 0 bridgehead atoms. The Balaban J connectivity index is 1.23. The van der Waals surface area contributed by atoms with Crippen molar-refractivity contribution in [2.75, 3.05) is 46.4 Å². The highest BCUT2D eigenvalue weighted by Crippen LogP contribution is 2.20. The highest BCUT2D eigenvalue weighted by molar-refractivity contribution is 5.94. The van der Waals surface area contributed by atoms with Crippen LogP contribution in [0.5, 0.6) is 17.2 Å². The Labute approximate surface area is 200 Å². The summed E-state index contributed by atoms with van der Waals surface area (Å²) in [5, 5.41) is 3.95. The third kappa shape index (κ3) is 5.88. The number of carbonyl (C=O) groups excluding carboxylic acids is 1. The van der Waals surface area contributed by atoms with Gasteiger partial charge in [-0.05, 0) is 56.3 Å². The second kappa shape index (κ2) is 11.1. The van der Waals surface area contributed by atoms with Crippen LogP contribution in [0.4, 0.5) is 0 Å². The molecule has 1 aromatic heterocycles. The highest BCUT2D eigenvalue weighted by atomic mass is 16.5. The largest absolute Gasteiger partial charge is 0.497 e. The first-order chi connectivity index (χ1) is 16.5. The molecule has 0 saturated carbocycles.